The highest BCUT2D eigenvalue weighted by Gasteiger charge is 2.24. The van der Waals surface area contributed by atoms with Crippen molar-refractivity contribution in [2.24, 2.45) is 5.14 Å². The smallest absolute Gasteiger partial charge is 0.238 e. The molecule has 1 aliphatic rings. The number of rotatable bonds is 7. The average Bonchev–Trinajstić information content (AvgIpc) is 2.78. The highest BCUT2D eigenvalue weighted by atomic mass is 32.2. The summed E-state index contributed by atoms with van der Waals surface area (Å²) in [5.41, 5.74) is 1.86. The van der Waals surface area contributed by atoms with Gasteiger partial charge in [0, 0.05) is 22.8 Å². The Morgan fingerprint density at radius 3 is 2.58 bits per heavy atom. The number of benzene rings is 2. The monoisotopic (exact) mass is 488 g/mol. The van der Waals surface area contributed by atoms with Crippen LogP contribution in [0.1, 0.15) is 13.3 Å². The van der Waals surface area contributed by atoms with Crippen LogP contribution >= 0.6 is 11.8 Å². The number of nitrogens with two attached hydrogens (primary N) is 1. The van der Waals surface area contributed by atoms with Crippen molar-refractivity contribution in [1.29, 1.82) is 0 Å². The first kappa shape index (κ1) is 23.0. The van der Waals surface area contributed by atoms with Crippen molar-refractivity contribution in [3.8, 4) is 0 Å². The van der Waals surface area contributed by atoms with Crippen LogP contribution in [0.2, 0.25) is 0 Å². The summed E-state index contributed by atoms with van der Waals surface area (Å²) in [7, 11) is -3.80. The molecule has 0 fully saturated rings. The minimum absolute atomic E-state index is 0.0309. The van der Waals surface area contributed by atoms with E-state index in [1.165, 1.54) is 36.0 Å². The first-order chi connectivity index (χ1) is 15.7. The number of carbonyl (C=O) groups is 1. The fourth-order valence-corrected chi connectivity index (χ4v) is 4.69. The van der Waals surface area contributed by atoms with E-state index in [1.54, 1.807) is 17.0 Å². The van der Waals surface area contributed by atoms with E-state index in [-0.39, 0.29) is 22.6 Å². The maximum absolute atomic E-state index is 14.4. The first-order valence-corrected chi connectivity index (χ1v) is 12.5. The highest BCUT2D eigenvalue weighted by molar-refractivity contribution is 8.00. The molecule has 4 N–H and O–H groups in total. The van der Waals surface area contributed by atoms with Gasteiger partial charge in [0.2, 0.25) is 21.9 Å². The van der Waals surface area contributed by atoms with Crippen molar-refractivity contribution in [2.45, 2.75) is 23.1 Å². The third kappa shape index (κ3) is 5.24. The quantitative estimate of drug-likeness (QED) is 0.460. The summed E-state index contributed by atoms with van der Waals surface area (Å²) in [6.07, 6.45) is 1.85. The number of hydrogen-bond donors (Lipinski definition) is 3. The third-order valence-electron chi connectivity index (χ3n) is 4.79. The van der Waals surface area contributed by atoms with E-state index in [9.17, 15) is 17.6 Å². The molecule has 0 saturated carbocycles. The van der Waals surface area contributed by atoms with Gasteiger partial charge in [-0.25, -0.2) is 22.9 Å². The number of nitrogens with zero attached hydrogens (tertiary/aromatic N) is 3. The predicted molar refractivity (Wildman–Crippen MR) is 126 cm³/mol. The SMILES string of the molecule is CCCN1C(=O)CSc2ccc(Nc3nc(Nc4ccc(S(N)(=O)=O)cc4)ncc3F)cc21. The van der Waals surface area contributed by atoms with E-state index in [0.717, 1.165) is 23.2 Å². The summed E-state index contributed by atoms with van der Waals surface area (Å²) < 4.78 is 37.2. The summed E-state index contributed by atoms with van der Waals surface area (Å²) in [4.78, 5) is 23.1. The van der Waals surface area contributed by atoms with Crippen molar-refractivity contribution in [2.75, 3.05) is 27.8 Å². The lowest BCUT2D eigenvalue weighted by molar-refractivity contribution is -0.116. The Kier molecular flexibility index (Phi) is 6.49. The first-order valence-electron chi connectivity index (χ1n) is 10.0. The standard InChI is InChI=1S/C21H21FN6O3S2/c1-2-9-28-17-10-14(5-8-18(17)32-12-19(28)29)25-20-16(22)11-24-21(27-20)26-13-3-6-15(7-4-13)33(23,30)31/h3-8,10-11H,2,9,12H2,1H3,(H2,23,30,31)(H2,24,25,26,27). The molecule has 172 valence electrons. The van der Waals surface area contributed by atoms with E-state index in [1.807, 2.05) is 13.0 Å². The molecule has 0 aliphatic carbocycles. The Morgan fingerprint density at radius 2 is 1.88 bits per heavy atom. The Balaban J connectivity index is 1.56. The van der Waals surface area contributed by atoms with Crippen molar-refractivity contribution in [1.82, 2.24) is 9.97 Å². The molecule has 2 aromatic carbocycles. The van der Waals surface area contributed by atoms with Crippen LogP contribution in [0, 0.1) is 5.82 Å². The van der Waals surface area contributed by atoms with Gasteiger partial charge in [-0.05, 0) is 48.9 Å². The van der Waals surface area contributed by atoms with Gasteiger partial charge in [-0.3, -0.25) is 4.79 Å². The Bertz CT molecular complexity index is 1300. The van der Waals surface area contributed by atoms with Crippen LogP contribution in [0.25, 0.3) is 0 Å². The average molecular weight is 489 g/mol. The van der Waals surface area contributed by atoms with Crippen LogP contribution < -0.4 is 20.7 Å². The number of aromatic nitrogens is 2. The zero-order chi connectivity index (χ0) is 23.6. The van der Waals surface area contributed by atoms with Gasteiger partial charge in [0.1, 0.15) is 0 Å². The second-order valence-corrected chi connectivity index (χ2v) is 9.80. The van der Waals surface area contributed by atoms with E-state index in [4.69, 9.17) is 5.14 Å². The van der Waals surface area contributed by atoms with E-state index >= 15 is 0 Å². The molecule has 1 aliphatic heterocycles. The van der Waals surface area contributed by atoms with Gasteiger partial charge in [-0.2, -0.15) is 4.98 Å². The molecule has 0 saturated heterocycles. The van der Waals surface area contributed by atoms with E-state index in [2.05, 4.69) is 20.6 Å². The second kappa shape index (κ2) is 9.33. The van der Waals surface area contributed by atoms with Gasteiger partial charge in [0.05, 0.1) is 22.5 Å². The molecular formula is C21H21FN6O3S2. The molecule has 3 aromatic rings. The number of hydrogen-bond acceptors (Lipinski definition) is 8. The maximum Gasteiger partial charge on any atom is 0.238 e. The molecular weight excluding hydrogens is 467 g/mol. The van der Waals surface area contributed by atoms with Crippen molar-refractivity contribution in [3.63, 3.8) is 0 Å². The number of carbonyl (C=O) groups excluding carboxylic acids is 1. The largest absolute Gasteiger partial charge is 0.338 e. The van der Waals surface area contributed by atoms with Crippen LogP contribution in [-0.4, -0.2) is 36.6 Å². The Hall–Kier alpha value is -3.22. The third-order valence-corrected chi connectivity index (χ3v) is 6.77. The van der Waals surface area contributed by atoms with Crippen molar-refractivity contribution in [3.05, 3.63) is 54.5 Å². The zero-order valence-electron chi connectivity index (χ0n) is 17.6. The molecule has 33 heavy (non-hydrogen) atoms. The summed E-state index contributed by atoms with van der Waals surface area (Å²) in [6.45, 7) is 2.61. The lowest BCUT2D eigenvalue weighted by Gasteiger charge is -2.29. The fraction of sp³-hybridized carbons (Fsp3) is 0.190. The molecule has 4 rings (SSSR count). The van der Waals surface area contributed by atoms with Gasteiger partial charge in [-0.1, -0.05) is 6.92 Å². The summed E-state index contributed by atoms with van der Waals surface area (Å²) in [5.74, 6) is -0.157. The number of anilines is 5. The topological polar surface area (TPSA) is 130 Å². The van der Waals surface area contributed by atoms with Crippen molar-refractivity contribution >= 4 is 56.5 Å². The van der Waals surface area contributed by atoms with Gasteiger partial charge in [-0.15, -0.1) is 11.8 Å². The molecule has 0 spiro atoms. The number of amides is 1. The molecule has 1 amide bonds. The highest BCUT2D eigenvalue weighted by Crippen LogP contribution is 2.38. The molecule has 0 radical (unpaired) electrons. The van der Waals surface area contributed by atoms with Gasteiger partial charge >= 0.3 is 0 Å². The van der Waals surface area contributed by atoms with Crippen LogP contribution in [0.3, 0.4) is 0 Å². The second-order valence-electron chi connectivity index (χ2n) is 7.23. The van der Waals surface area contributed by atoms with Crippen LogP contribution in [0.15, 0.2) is 58.5 Å². The van der Waals surface area contributed by atoms with Crippen LogP contribution in [-0.2, 0) is 14.8 Å². The summed E-state index contributed by atoms with van der Waals surface area (Å²) >= 11 is 1.48. The molecule has 1 aromatic heterocycles. The molecule has 2 heterocycles. The van der Waals surface area contributed by atoms with Gasteiger partial charge < -0.3 is 15.5 Å². The molecule has 0 bridgehead atoms. The van der Waals surface area contributed by atoms with Gasteiger partial charge in [0.25, 0.3) is 0 Å². The van der Waals surface area contributed by atoms with Crippen LogP contribution in [0.4, 0.5) is 33.2 Å². The minimum Gasteiger partial charge on any atom is -0.338 e. The van der Waals surface area contributed by atoms with Gasteiger partial charge in [0.15, 0.2) is 11.6 Å². The molecule has 0 unspecified atom stereocenters. The number of fused-ring (bicyclic) bond motifs is 1. The number of primary sulfonamides is 1. The zero-order valence-corrected chi connectivity index (χ0v) is 19.2. The van der Waals surface area contributed by atoms with E-state index < -0.39 is 15.8 Å². The maximum atomic E-state index is 14.4. The normalized spacial score (nSPS) is 13.5. The molecule has 0 atom stereocenters. The number of halogens is 1. The van der Waals surface area contributed by atoms with E-state index in [0.29, 0.717) is 23.7 Å². The minimum atomic E-state index is -3.80. The van der Waals surface area contributed by atoms with Crippen molar-refractivity contribution < 1.29 is 17.6 Å². The number of sulfonamides is 1. The molecule has 12 heteroatoms. The summed E-state index contributed by atoms with van der Waals surface area (Å²) in [5, 5.41) is 10.9. The summed E-state index contributed by atoms with van der Waals surface area (Å²) in [6, 6.07) is 11.2. The lowest BCUT2D eigenvalue weighted by atomic mass is 10.2. The molecule has 9 nitrogen and oxygen atoms in total. The number of thioether (sulfide) groups is 1. The fourth-order valence-electron chi connectivity index (χ4n) is 3.26. The number of nitrogens with one attached hydrogen (secondary N) is 2. The lowest BCUT2D eigenvalue weighted by Crippen LogP contribution is -2.35. The Labute approximate surface area is 194 Å². The van der Waals surface area contributed by atoms with Crippen LogP contribution in [0.5, 0.6) is 0 Å². The Morgan fingerprint density at radius 1 is 1.15 bits per heavy atom. The predicted octanol–water partition coefficient (Wildman–Crippen LogP) is 3.60.